The Balaban J connectivity index is 2.61. The third kappa shape index (κ3) is 2.28. The molecule has 1 atom stereocenters. The zero-order valence-electron chi connectivity index (χ0n) is 10.6. The molecule has 18 heavy (non-hydrogen) atoms. The largest absolute Gasteiger partial charge is 0.486 e. The Kier molecular flexibility index (Phi) is 4.00. The molecule has 5 heteroatoms. The molecule has 0 radical (unpaired) electrons. The summed E-state index contributed by atoms with van der Waals surface area (Å²) in [4.78, 5) is 0. The summed E-state index contributed by atoms with van der Waals surface area (Å²) >= 11 is 6.37. The number of aliphatic hydroxyl groups excluding tert-OH is 1. The van der Waals surface area contributed by atoms with Gasteiger partial charge in [0.1, 0.15) is 13.2 Å². The Morgan fingerprint density at radius 1 is 1.39 bits per heavy atom. The summed E-state index contributed by atoms with van der Waals surface area (Å²) < 4.78 is 11.1. The van der Waals surface area contributed by atoms with Crippen LogP contribution >= 0.6 is 11.6 Å². The molecule has 0 bridgehead atoms. The van der Waals surface area contributed by atoms with Crippen molar-refractivity contribution >= 4 is 11.6 Å². The van der Waals surface area contributed by atoms with Gasteiger partial charge in [-0.15, -0.1) is 0 Å². The molecule has 0 aromatic heterocycles. The van der Waals surface area contributed by atoms with Crippen LogP contribution in [0.1, 0.15) is 37.0 Å². The van der Waals surface area contributed by atoms with E-state index in [0.29, 0.717) is 29.7 Å². The van der Waals surface area contributed by atoms with Crippen molar-refractivity contribution in [3.8, 4) is 11.5 Å². The molecular weight excluding hydrogens is 254 g/mol. The van der Waals surface area contributed by atoms with Crippen molar-refractivity contribution in [2.45, 2.75) is 25.9 Å². The zero-order chi connectivity index (χ0) is 13.3. The summed E-state index contributed by atoms with van der Waals surface area (Å²) in [6.07, 6.45) is -0.740. The van der Waals surface area contributed by atoms with E-state index in [-0.39, 0.29) is 12.5 Å². The minimum absolute atomic E-state index is 0.149. The first-order valence-electron chi connectivity index (χ1n) is 6.06. The van der Waals surface area contributed by atoms with Gasteiger partial charge in [0.25, 0.3) is 0 Å². The molecule has 2 rings (SSSR count). The Hall–Kier alpha value is -0.970. The number of benzene rings is 1. The van der Waals surface area contributed by atoms with Crippen LogP contribution in [0, 0.1) is 0 Å². The fraction of sp³-hybridized carbons (Fsp3) is 0.538. The molecule has 0 amide bonds. The Bertz CT molecular complexity index is 448. The Labute approximate surface area is 112 Å². The van der Waals surface area contributed by atoms with Crippen LogP contribution in [-0.2, 0) is 0 Å². The normalized spacial score (nSPS) is 15.9. The molecule has 1 aromatic rings. The van der Waals surface area contributed by atoms with Crippen LogP contribution in [-0.4, -0.2) is 24.9 Å². The van der Waals surface area contributed by atoms with Crippen LogP contribution in [0.5, 0.6) is 11.5 Å². The highest BCUT2D eigenvalue weighted by molar-refractivity contribution is 6.33. The molecule has 1 unspecified atom stereocenters. The first kappa shape index (κ1) is 13.5. The van der Waals surface area contributed by atoms with E-state index in [0.717, 1.165) is 11.1 Å². The van der Waals surface area contributed by atoms with Gasteiger partial charge in [0, 0.05) is 6.54 Å². The standard InChI is InChI=1S/C13H18ClNO3/c1-7(2)11-8(9(16)6-15)5-10-13(12(11)14)18-4-3-17-10/h5,7,9,16H,3-4,6,15H2,1-2H3. The van der Waals surface area contributed by atoms with E-state index in [9.17, 15) is 5.11 Å². The number of fused-ring (bicyclic) bond motifs is 1. The van der Waals surface area contributed by atoms with Gasteiger partial charge >= 0.3 is 0 Å². The highest BCUT2D eigenvalue weighted by Crippen LogP contribution is 2.45. The molecule has 0 aliphatic carbocycles. The van der Waals surface area contributed by atoms with Crippen molar-refractivity contribution in [2.75, 3.05) is 19.8 Å². The third-order valence-electron chi connectivity index (χ3n) is 3.00. The van der Waals surface area contributed by atoms with Crippen molar-refractivity contribution in [1.29, 1.82) is 0 Å². The molecule has 3 N–H and O–H groups in total. The van der Waals surface area contributed by atoms with E-state index in [2.05, 4.69) is 0 Å². The SMILES string of the molecule is CC(C)c1c(C(O)CN)cc2c(c1Cl)OCCO2. The lowest BCUT2D eigenvalue weighted by atomic mass is 9.93. The number of hydrogen-bond acceptors (Lipinski definition) is 4. The van der Waals surface area contributed by atoms with Gasteiger partial charge in [0.15, 0.2) is 11.5 Å². The third-order valence-corrected chi connectivity index (χ3v) is 3.38. The quantitative estimate of drug-likeness (QED) is 0.885. The van der Waals surface area contributed by atoms with Gasteiger partial charge in [0.05, 0.1) is 11.1 Å². The highest BCUT2D eigenvalue weighted by Gasteiger charge is 2.25. The number of aliphatic hydroxyl groups is 1. The molecule has 100 valence electrons. The van der Waals surface area contributed by atoms with Crippen LogP contribution in [0.4, 0.5) is 0 Å². The second-order valence-electron chi connectivity index (χ2n) is 4.62. The highest BCUT2D eigenvalue weighted by atomic mass is 35.5. The minimum Gasteiger partial charge on any atom is -0.486 e. The van der Waals surface area contributed by atoms with Crippen molar-refractivity contribution in [2.24, 2.45) is 5.73 Å². The van der Waals surface area contributed by atoms with Crippen LogP contribution < -0.4 is 15.2 Å². The fourth-order valence-corrected chi connectivity index (χ4v) is 2.64. The molecule has 0 fully saturated rings. The average molecular weight is 272 g/mol. The van der Waals surface area contributed by atoms with Gasteiger partial charge in [0.2, 0.25) is 0 Å². The topological polar surface area (TPSA) is 64.7 Å². The van der Waals surface area contributed by atoms with Gasteiger partial charge in [-0.2, -0.15) is 0 Å². The smallest absolute Gasteiger partial charge is 0.180 e. The van der Waals surface area contributed by atoms with Crippen molar-refractivity contribution in [3.05, 3.63) is 22.2 Å². The van der Waals surface area contributed by atoms with E-state index < -0.39 is 6.10 Å². The molecule has 4 nitrogen and oxygen atoms in total. The van der Waals surface area contributed by atoms with Gasteiger partial charge in [-0.1, -0.05) is 25.4 Å². The summed E-state index contributed by atoms with van der Waals surface area (Å²) in [5.74, 6) is 1.32. The summed E-state index contributed by atoms with van der Waals surface area (Å²) in [5.41, 5.74) is 7.13. The monoisotopic (exact) mass is 271 g/mol. The lowest BCUT2D eigenvalue weighted by Gasteiger charge is -2.25. The zero-order valence-corrected chi connectivity index (χ0v) is 11.3. The molecule has 0 saturated carbocycles. The fourth-order valence-electron chi connectivity index (χ4n) is 2.17. The van der Waals surface area contributed by atoms with E-state index in [1.807, 2.05) is 13.8 Å². The van der Waals surface area contributed by atoms with Crippen LogP contribution in [0.2, 0.25) is 5.02 Å². The number of halogens is 1. The van der Waals surface area contributed by atoms with E-state index in [4.69, 9.17) is 26.8 Å². The second kappa shape index (κ2) is 5.34. The molecule has 1 aliphatic rings. The second-order valence-corrected chi connectivity index (χ2v) is 5.00. The summed E-state index contributed by atoms with van der Waals surface area (Å²) in [7, 11) is 0. The molecule has 0 spiro atoms. The first-order chi connectivity index (χ1) is 8.56. The molecule has 1 aromatic carbocycles. The summed E-state index contributed by atoms with van der Waals surface area (Å²) in [6.45, 7) is 5.16. The van der Waals surface area contributed by atoms with E-state index in [1.165, 1.54) is 0 Å². The van der Waals surface area contributed by atoms with Crippen LogP contribution in [0.25, 0.3) is 0 Å². The van der Waals surface area contributed by atoms with Crippen molar-refractivity contribution < 1.29 is 14.6 Å². The average Bonchev–Trinajstić information content (AvgIpc) is 2.37. The molecule has 1 aliphatic heterocycles. The predicted molar refractivity (Wildman–Crippen MR) is 70.5 cm³/mol. The maximum atomic E-state index is 10.0. The van der Waals surface area contributed by atoms with Gasteiger partial charge in [-0.05, 0) is 23.1 Å². The van der Waals surface area contributed by atoms with Crippen molar-refractivity contribution in [3.63, 3.8) is 0 Å². The maximum Gasteiger partial charge on any atom is 0.180 e. The van der Waals surface area contributed by atoms with Crippen LogP contribution in [0.3, 0.4) is 0 Å². The Morgan fingerprint density at radius 3 is 2.67 bits per heavy atom. The Morgan fingerprint density at radius 2 is 2.06 bits per heavy atom. The lowest BCUT2D eigenvalue weighted by molar-refractivity contribution is 0.166. The van der Waals surface area contributed by atoms with E-state index >= 15 is 0 Å². The summed E-state index contributed by atoms with van der Waals surface area (Å²) in [5, 5.41) is 10.5. The molecule has 1 heterocycles. The number of rotatable bonds is 3. The number of ether oxygens (including phenoxy) is 2. The maximum absolute atomic E-state index is 10.0. The van der Waals surface area contributed by atoms with Crippen LogP contribution in [0.15, 0.2) is 6.07 Å². The summed E-state index contributed by atoms with van der Waals surface area (Å²) in [6, 6.07) is 1.78. The van der Waals surface area contributed by atoms with Gasteiger partial charge in [-0.3, -0.25) is 0 Å². The minimum atomic E-state index is -0.740. The van der Waals surface area contributed by atoms with Gasteiger partial charge < -0.3 is 20.3 Å². The predicted octanol–water partition coefficient (Wildman–Crippen LogP) is 2.23. The first-order valence-corrected chi connectivity index (χ1v) is 6.44. The van der Waals surface area contributed by atoms with Gasteiger partial charge in [-0.25, -0.2) is 0 Å². The van der Waals surface area contributed by atoms with E-state index in [1.54, 1.807) is 6.07 Å². The lowest BCUT2D eigenvalue weighted by Crippen LogP contribution is -2.19. The molecular formula is C13H18ClNO3. The van der Waals surface area contributed by atoms with Crippen molar-refractivity contribution in [1.82, 2.24) is 0 Å². The molecule has 0 saturated heterocycles. The number of hydrogen-bond donors (Lipinski definition) is 2. The number of nitrogens with two attached hydrogens (primary N) is 1.